The van der Waals surface area contributed by atoms with Crippen LogP contribution in [0.25, 0.3) is 0 Å². The first-order valence-electron chi connectivity index (χ1n) is 11.7. The van der Waals surface area contributed by atoms with Gasteiger partial charge in [0.05, 0.1) is 12.2 Å². The van der Waals surface area contributed by atoms with Crippen molar-refractivity contribution >= 4 is 11.6 Å². The molecule has 0 aromatic carbocycles. The summed E-state index contributed by atoms with van der Waals surface area (Å²) >= 11 is 0. The van der Waals surface area contributed by atoms with E-state index in [1.54, 1.807) is 12.2 Å². The summed E-state index contributed by atoms with van der Waals surface area (Å²) in [4.78, 5) is 25.1. The second-order valence-electron chi connectivity index (χ2n) is 10.5. The number of aliphatic hydroxyl groups is 2. The maximum absolute atomic E-state index is 13.2. The van der Waals surface area contributed by atoms with Gasteiger partial charge in [-0.05, 0) is 57.1 Å². The van der Waals surface area contributed by atoms with Crippen molar-refractivity contribution in [2.45, 2.75) is 90.3 Å². The van der Waals surface area contributed by atoms with Gasteiger partial charge in [0.2, 0.25) is 0 Å². The number of carbonyl (C=O) groups is 2. The van der Waals surface area contributed by atoms with Gasteiger partial charge < -0.3 is 19.7 Å². The molecule has 3 unspecified atom stereocenters. The molecule has 2 N–H and O–H groups in total. The van der Waals surface area contributed by atoms with E-state index in [1.807, 2.05) is 26.8 Å². The van der Waals surface area contributed by atoms with E-state index in [0.29, 0.717) is 19.3 Å². The number of Topliss-reactive ketones (excluding diaryl/α,β-unsaturated/α-hetero) is 1. The molecule has 4 aliphatic rings. The second kappa shape index (κ2) is 7.91. The Hall–Kier alpha value is -1.34. The number of ether oxygens (including phenoxy) is 2. The Morgan fingerprint density at radius 3 is 2.71 bits per heavy atom. The Morgan fingerprint density at radius 1 is 1.29 bits per heavy atom. The lowest BCUT2D eigenvalue weighted by Gasteiger charge is -2.59. The van der Waals surface area contributed by atoms with Gasteiger partial charge in [0.1, 0.15) is 6.61 Å². The molecule has 0 aromatic rings. The molecule has 8 atom stereocenters. The highest BCUT2D eigenvalue weighted by Crippen LogP contribution is 2.62. The molecule has 4 rings (SSSR count). The molecule has 0 radical (unpaired) electrons. The number of carbonyl (C=O) groups excluding carboxylic acids is 2. The number of rotatable bonds is 5. The Labute approximate surface area is 184 Å². The van der Waals surface area contributed by atoms with Crippen molar-refractivity contribution in [2.24, 2.45) is 22.7 Å². The average Bonchev–Trinajstić information content (AvgIpc) is 3.05. The minimum Gasteiger partial charge on any atom is -0.393 e. The first-order chi connectivity index (χ1) is 14.6. The van der Waals surface area contributed by atoms with Crippen LogP contribution < -0.4 is 0 Å². The Bertz CT molecular complexity index is 817. The van der Waals surface area contributed by atoms with Gasteiger partial charge in [-0.25, -0.2) is 0 Å². The molecule has 6 nitrogen and oxygen atoms in total. The van der Waals surface area contributed by atoms with E-state index in [9.17, 15) is 19.8 Å². The lowest BCUT2D eigenvalue weighted by atomic mass is 9.47. The molecule has 0 amide bonds. The molecule has 3 fully saturated rings. The van der Waals surface area contributed by atoms with Gasteiger partial charge in [-0.1, -0.05) is 38.8 Å². The summed E-state index contributed by atoms with van der Waals surface area (Å²) in [5.41, 5.74) is -1.19. The van der Waals surface area contributed by atoms with Gasteiger partial charge in [-0.15, -0.1) is 0 Å². The molecule has 3 aliphatic carbocycles. The summed E-state index contributed by atoms with van der Waals surface area (Å²) in [6.45, 7) is 7.42. The lowest BCUT2D eigenvalue weighted by molar-refractivity contribution is -0.193. The molecule has 2 saturated carbocycles. The lowest BCUT2D eigenvalue weighted by Crippen LogP contribution is -2.64. The van der Waals surface area contributed by atoms with Crippen LogP contribution in [0.3, 0.4) is 0 Å². The fraction of sp³-hybridized carbons (Fsp3) is 0.760. The van der Waals surface area contributed by atoms with Crippen LogP contribution in [0.2, 0.25) is 0 Å². The van der Waals surface area contributed by atoms with Crippen molar-refractivity contribution < 1.29 is 29.3 Å². The highest BCUT2D eigenvalue weighted by molar-refractivity contribution is 6.01. The number of hydrogen-bond donors (Lipinski definition) is 2. The molecular formula is C25H36O6. The van der Waals surface area contributed by atoms with E-state index in [4.69, 9.17) is 9.47 Å². The highest BCUT2D eigenvalue weighted by atomic mass is 16.7. The van der Waals surface area contributed by atoms with Gasteiger partial charge in [-0.3, -0.25) is 9.59 Å². The SMILES string of the molecule is CCCC1O[C@@H](C)[C@](C(=O)CO)([C@]2(C)CC3CCC4=CC(=O)C=C[C@]4(C)C3[C@@H](O)C2)O1. The number of allylic oxidation sites excluding steroid dienone is 4. The largest absolute Gasteiger partial charge is 0.393 e. The van der Waals surface area contributed by atoms with E-state index >= 15 is 0 Å². The van der Waals surface area contributed by atoms with E-state index in [0.717, 1.165) is 24.8 Å². The predicted octanol–water partition coefficient (Wildman–Crippen LogP) is 3.11. The molecular weight excluding hydrogens is 396 g/mol. The molecule has 31 heavy (non-hydrogen) atoms. The summed E-state index contributed by atoms with van der Waals surface area (Å²) in [5.74, 6) is -0.188. The summed E-state index contributed by atoms with van der Waals surface area (Å²) in [7, 11) is 0. The highest BCUT2D eigenvalue weighted by Gasteiger charge is 2.67. The molecule has 1 aliphatic heterocycles. The van der Waals surface area contributed by atoms with Crippen LogP contribution in [-0.2, 0) is 19.1 Å². The number of fused-ring (bicyclic) bond motifs is 3. The molecule has 0 aromatic heterocycles. The van der Waals surface area contributed by atoms with Gasteiger partial charge >= 0.3 is 0 Å². The van der Waals surface area contributed by atoms with Crippen LogP contribution in [-0.4, -0.2) is 52.5 Å². The third-order valence-electron chi connectivity index (χ3n) is 8.60. The average molecular weight is 433 g/mol. The molecule has 1 saturated heterocycles. The molecule has 0 bridgehead atoms. The van der Waals surface area contributed by atoms with Gasteiger partial charge in [0.25, 0.3) is 0 Å². The van der Waals surface area contributed by atoms with Gasteiger partial charge in [0.15, 0.2) is 23.5 Å². The molecule has 172 valence electrons. The van der Waals surface area contributed by atoms with E-state index in [-0.39, 0.29) is 28.8 Å². The standard InChI is InChI=1S/C25H36O6/c1-5-6-21-30-15(2)25(31-21,20(29)14-26)23(3)12-16-7-8-17-11-18(27)9-10-24(17,4)22(16)19(28)13-23/h9-11,15-16,19,21-22,26,28H,5-8,12-14H2,1-4H3/t15-,16?,19-,21?,22?,23+,24-,25-/m0/s1. The van der Waals surface area contributed by atoms with Crippen LogP contribution in [0.4, 0.5) is 0 Å². The topological polar surface area (TPSA) is 93.1 Å². The number of hydrogen-bond acceptors (Lipinski definition) is 6. The zero-order valence-electron chi connectivity index (χ0n) is 19.1. The fourth-order valence-electron chi connectivity index (χ4n) is 7.31. The second-order valence-corrected chi connectivity index (χ2v) is 10.5. The summed E-state index contributed by atoms with van der Waals surface area (Å²) in [5, 5.41) is 21.3. The molecule has 0 spiro atoms. The summed E-state index contributed by atoms with van der Waals surface area (Å²) in [6, 6.07) is 0. The Morgan fingerprint density at radius 2 is 2.03 bits per heavy atom. The number of ketones is 2. The minimum absolute atomic E-state index is 0.0147. The normalized spacial score (nSPS) is 47.0. The molecule has 1 heterocycles. The van der Waals surface area contributed by atoms with Crippen LogP contribution >= 0.6 is 0 Å². The van der Waals surface area contributed by atoms with Crippen molar-refractivity contribution in [1.29, 1.82) is 0 Å². The maximum atomic E-state index is 13.2. The van der Waals surface area contributed by atoms with Crippen molar-refractivity contribution in [3.05, 3.63) is 23.8 Å². The maximum Gasteiger partial charge on any atom is 0.193 e. The van der Waals surface area contributed by atoms with E-state index in [2.05, 4.69) is 6.92 Å². The smallest absolute Gasteiger partial charge is 0.193 e. The van der Waals surface area contributed by atoms with Gasteiger partial charge in [0, 0.05) is 16.7 Å². The Kier molecular flexibility index (Phi) is 5.83. The number of aliphatic hydroxyl groups excluding tert-OH is 2. The van der Waals surface area contributed by atoms with Crippen molar-refractivity contribution in [3.8, 4) is 0 Å². The van der Waals surface area contributed by atoms with Crippen LogP contribution in [0.15, 0.2) is 23.8 Å². The summed E-state index contributed by atoms with van der Waals surface area (Å²) in [6.07, 6.45) is 8.00. The van der Waals surface area contributed by atoms with E-state index < -0.39 is 36.1 Å². The third kappa shape index (κ3) is 3.29. The van der Waals surface area contributed by atoms with Crippen molar-refractivity contribution in [2.75, 3.05) is 6.61 Å². The zero-order valence-corrected chi connectivity index (χ0v) is 19.1. The van der Waals surface area contributed by atoms with Crippen molar-refractivity contribution in [3.63, 3.8) is 0 Å². The van der Waals surface area contributed by atoms with Crippen LogP contribution in [0.5, 0.6) is 0 Å². The fourth-order valence-corrected chi connectivity index (χ4v) is 7.31. The monoisotopic (exact) mass is 432 g/mol. The van der Waals surface area contributed by atoms with E-state index in [1.165, 1.54) is 0 Å². The minimum atomic E-state index is -1.27. The first kappa shape index (κ1) is 22.8. The third-order valence-corrected chi connectivity index (χ3v) is 8.60. The van der Waals surface area contributed by atoms with Crippen LogP contribution in [0.1, 0.15) is 66.2 Å². The predicted molar refractivity (Wildman–Crippen MR) is 115 cm³/mol. The Balaban J connectivity index is 1.70. The van der Waals surface area contributed by atoms with Crippen LogP contribution in [0, 0.1) is 22.7 Å². The molecule has 6 heteroatoms. The van der Waals surface area contributed by atoms with Gasteiger partial charge in [-0.2, -0.15) is 0 Å². The summed E-state index contributed by atoms with van der Waals surface area (Å²) < 4.78 is 12.4. The first-order valence-corrected chi connectivity index (χ1v) is 11.7. The zero-order chi connectivity index (χ0) is 22.6. The van der Waals surface area contributed by atoms with Crippen molar-refractivity contribution in [1.82, 2.24) is 0 Å². The quantitative estimate of drug-likeness (QED) is 0.693.